The van der Waals surface area contributed by atoms with Crippen molar-refractivity contribution in [3.8, 4) is 0 Å². The highest BCUT2D eigenvalue weighted by Crippen LogP contribution is 2.06. The molecule has 0 spiro atoms. The lowest BCUT2D eigenvalue weighted by Crippen LogP contribution is -2.42. The summed E-state index contributed by atoms with van der Waals surface area (Å²) in [4.78, 5) is 27.3. The fourth-order valence-corrected chi connectivity index (χ4v) is 2.40. The Morgan fingerprint density at radius 3 is 2.50 bits per heavy atom. The zero-order valence-electron chi connectivity index (χ0n) is 13.0. The van der Waals surface area contributed by atoms with Crippen LogP contribution in [0.15, 0.2) is 30.3 Å². The van der Waals surface area contributed by atoms with Crippen LogP contribution in [-0.2, 0) is 11.3 Å². The van der Waals surface area contributed by atoms with Crippen LogP contribution in [0.2, 0.25) is 0 Å². The Morgan fingerprint density at radius 1 is 1.09 bits per heavy atom. The summed E-state index contributed by atoms with van der Waals surface area (Å²) in [6, 6.07) is 9.71. The van der Waals surface area contributed by atoms with E-state index in [2.05, 4.69) is 5.32 Å². The van der Waals surface area contributed by atoms with Crippen LogP contribution in [-0.4, -0.2) is 54.7 Å². The number of nitrogens with zero attached hydrogens (tertiary/aromatic N) is 2. The number of carbonyl (C=O) groups is 2. The van der Waals surface area contributed by atoms with Crippen LogP contribution in [0, 0.1) is 0 Å². The van der Waals surface area contributed by atoms with Crippen LogP contribution < -0.4 is 5.32 Å². The molecule has 120 valence electrons. The zero-order chi connectivity index (χ0) is 15.8. The molecule has 0 unspecified atom stereocenters. The normalized spacial score (nSPS) is 15.1. The maximum absolute atomic E-state index is 12.2. The summed E-state index contributed by atoms with van der Waals surface area (Å²) in [6.07, 6.45) is 0.464. The number of hydrogen-bond donors (Lipinski definition) is 1. The number of nitrogens with one attached hydrogen (secondary N) is 1. The highest BCUT2D eigenvalue weighted by Gasteiger charge is 2.22. The average molecular weight is 305 g/mol. The second kappa shape index (κ2) is 8.26. The molecule has 0 atom stereocenters. The van der Waals surface area contributed by atoms with Crippen molar-refractivity contribution in [3.63, 3.8) is 0 Å². The minimum absolute atomic E-state index is 0.0884. The van der Waals surface area contributed by atoms with Crippen LogP contribution in [0.5, 0.6) is 0 Å². The monoisotopic (exact) mass is 305 g/mol. The Labute approximate surface area is 131 Å². The van der Waals surface area contributed by atoms with Crippen LogP contribution in [0.3, 0.4) is 0 Å². The molecule has 0 radical (unpaired) electrons. The Balaban J connectivity index is 1.80. The van der Waals surface area contributed by atoms with Gasteiger partial charge in [-0.3, -0.25) is 0 Å². The zero-order valence-corrected chi connectivity index (χ0v) is 13.0. The second-order valence-electron chi connectivity index (χ2n) is 5.17. The standard InChI is InChI=1S/C16H23N3O3/c1-2-22-16(21)19-10-6-9-18(11-12-19)15(20)17-13-14-7-4-3-5-8-14/h3-5,7-8H,2,6,9-13H2,1H3,(H,17,20). The van der Waals surface area contributed by atoms with Crippen LogP contribution >= 0.6 is 0 Å². The van der Waals surface area contributed by atoms with Crippen molar-refractivity contribution >= 4 is 12.1 Å². The summed E-state index contributed by atoms with van der Waals surface area (Å²) < 4.78 is 5.01. The Morgan fingerprint density at radius 2 is 1.77 bits per heavy atom. The number of urea groups is 1. The Hall–Kier alpha value is -2.24. The number of amides is 3. The summed E-state index contributed by atoms with van der Waals surface area (Å²) >= 11 is 0. The van der Waals surface area contributed by atoms with Crippen LogP contribution in [0.1, 0.15) is 18.9 Å². The lowest BCUT2D eigenvalue weighted by atomic mass is 10.2. The van der Waals surface area contributed by atoms with Gasteiger partial charge in [-0.25, -0.2) is 9.59 Å². The van der Waals surface area contributed by atoms with Crippen molar-refractivity contribution in [1.29, 1.82) is 0 Å². The molecule has 0 saturated carbocycles. The van der Waals surface area contributed by atoms with Crippen molar-refractivity contribution in [2.24, 2.45) is 0 Å². The highest BCUT2D eigenvalue weighted by molar-refractivity contribution is 5.74. The largest absolute Gasteiger partial charge is 0.450 e. The highest BCUT2D eigenvalue weighted by atomic mass is 16.6. The minimum Gasteiger partial charge on any atom is -0.450 e. The van der Waals surface area contributed by atoms with E-state index in [9.17, 15) is 9.59 Å². The number of benzene rings is 1. The van der Waals surface area contributed by atoms with Gasteiger partial charge in [0.05, 0.1) is 6.61 Å². The van der Waals surface area contributed by atoms with Crippen molar-refractivity contribution in [2.75, 3.05) is 32.8 Å². The van der Waals surface area contributed by atoms with Gasteiger partial charge < -0.3 is 19.9 Å². The number of ether oxygens (including phenoxy) is 1. The molecular weight excluding hydrogens is 282 g/mol. The molecule has 1 aromatic carbocycles. The van der Waals surface area contributed by atoms with Crippen LogP contribution in [0.4, 0.5) is 9.59 Å². The van der Waals surface area contributed by atoms with E-state index in [0.29, 0.717) is 39.3 Å². The molecule has 6 heteroatoms. The molecular formula is C16H23N3O3. The van der Waals surface area contributed by atoms with E-state index in [-0.39, 0.29) is 12.1 Å². The molecule has 3 amide bonds. The summed E-state index contributed by atoms with van der Waals surface area (Å²) in [5.41, 5.74) is 1.07. The van der Waals surface area contributed by atoms with Gasteiger partial charge in [-0.05, 0) is 18.9 Å². The third-order valence-electron chi connectivity index (χ3n) is 3.60. The average Bonchev–Trinajstić information content (AvgIpc) is 2.80. The maximum Gasteiger partial charge on any atom is 0.409 e. The first-order chi connectivity index (χ1) is 10.7. The summed E-state index contributed by atoms with van der Waals surface area (Å²) in [7, 11) is 0. The van der Waals surface area contributed by atoms with E-state index in [1.54, 1.807) is 16.7 Å². The lowest BCUT2D eigenvalue weighted by Gasteiger charge is -2.22. The van der Waals surface area contributed by atoms with Crippen molar-refractivity contribution in [2.45, 2.75) is 19.9 Å². The molecule has 0 bridgehead atoms. The van der Waals surface area contributed by atoms with E-state index in [1.807, 2.05) is 30.3 Å². The Kier molecular flexibility index (Phi) is 6.06. The SMILES string of the molecule is CCOC(=O)N1CCCN(C(=O)NCc2ccccc2)CC1. The van der Waals surface area contributed by atoms with E-state index < -0.39 is 0 Å². The summed E-state index contributed by atoms with van der Waals surface area (Å²) in [6.45, 7) is 4.99. The van der Waals surface area contributed by atoms with Gasteiger partial charge in [-0.2, -0.15) is 0 Å². The molecule has 22 heavy (non-hydrogen) atoms. The number of hydrogen-bond acceptors (Lipinski definition) is 3. The second-order valence-corrected chi connectivity index (χ2v) is 5.17. The van der Waals surface area contributed by atoms with Gasteiger partial charge in [0, 0.05) is 32.7 Å². The van der Waals surface area contributed by atoms with Crippen molar-refractivity contribution < 1.29 is 14.3 Å². The van der Waals surface area contributed by atoms with E-state index in [0.717, 1.165) is 12.0 Å². The van der Waals surface area contributed by atoms with Crippen molar-refractivity contribution in [1.82, 2.24) is 15.1 Å². The Bertz CT molecular complexity index is 493. The third kappa shape index (κ3) is 4.65. The van der Waals surface area contributed by atoms with Gasteiger partial charge in [0.15, 0.2) is 0 Å². The number of rotatable bonds is 3. The molecule has 0 aromatic heterocycles. The minimum atomic E-state index is -0.297. The molecule has 1 heterocycles. The first-order valence-electron chi connectivity index (χ1n) is 7.69. The van der Waals surface area contributed by atoms with Gasteiger partial charge >= 0.3 is 12.1 Å². The molecule has 1 fully saturated rings. The molecule has 1 N–H and O–H groups in total. The third-order valence-corrected chi connectivity index (χ3v) is 3.60. The predicted molar refractivity (Wildman–Crippen MR) is 83.5 cm³/mol. The van der Waals surface area contributed by atoms with Gasteiger partial charge in [-0.1, -0.05) is 30.3 Å². The maximum atomic E-state index is 12.2. The molecule has 1 aliphatic heterocycles. The molecule has 6 nitrogen and oxygen atoms in total. The molecule has 1 saturated heterocycles. The van der Waals surface area contributed by atoms with Gasteiger partial charge in [-0.15, -0.1) is 0 Å². The first-order valence-corrected chi connectivity index (χ1v) is 7.69. The molecule has 2 rings (SSSR count). The fourth-order valence-electron chi connectivity index (χ4n) is 2.40. The molecule has 1 aromatic rings. The summed E-state index contributed by atoms with van der Waals surface area (Å²) in [5, 5.41) is 2.92. The first kappa shape index (κ1) is 16.1. The smallest absolute Gasteiger partial charge is 0.409 e. The van der Waals surface area contributed by atoms with Crippen molar-refractivity contribution in [3.05, 3.63) is 35.9 Å². The lowest BCUT2D eigenvalue weighted by molar-refractivity contribution is 0.108. The fraction of sp³-hybridized carbons (Fsp3) is 0.500. The summed E-state index contributed by atoms with van der Waals surface area (Å²) in [5.74, 6) is 0. The van der Waals surface area contributed by atoms with Gasteiger partial charge in [0.1, 0.15) is 0 Å². The topological polar surface area (TPSA) is 61.9 Å². The van der Waals surface area contributed by atoms with E-state index >= 15 is 0 Å². The molecule has 0 aliphatic carbocycles. The molecule has 1 aliphatic rings. The van der Waals surface area contributed by atoms with E-state index in [1.165, 1.54) is 0 Å². The number of carbonyl (C=O) groups excluding carboxylic acids is 2. The van der Waals surface area contributed by atoms with E-state index in [4.69, 9.17) is 4.74 Å². The quantitative estimate of drug-likeness (QED) is 0.930. The van der Waals surface area contributed by atoms with Crippen LogP contribution in [0.25, 0.3) is 0 Å². The predicted octanol–water partition coefficient (Wildman–Crippen LogP) is 2.06. The van der Waals surface area contributed by atoms with Gasteiger partial charge in [0.2, 0.25) is 0 Å². The van der Waals surface area contributed by atoms with Gasteiger partial charge in [0.25, 0.3) is 0 Å².